The maximum atomic E-state index is 11.7. The van der Waals surface area contributed by atoms with Gasteiger partial charge in [0, 0.05) is 52.3 Å². The monoisotopic (exact) mass is 931 g/mol. The third-order valence-corrected chi connectivity index (χ3v) is 10.0. The first kappa shape index (κ1) is 76.3. The van der Waals surface area contributed by atoms with E-state index in [1.165, 1.54) is 122 Å². The zero-order valence-corrected chi connectivity index (χ0v) is 48.2. The van der Waals surface area contributed by atoms with Crippen LogP contribution in [-0.4, -0.2) is 98.4 Å². The van der Waals surface area contributed by atoms with Crippen LogP contribution in [0.25, 0.3) is 0 Å². The number of aliphatic carboxylic acids is 3. The first-order valence-electron chi connectivity index (χ1n) is 22.7. The molecule has 0 aromatic carbocycles. The van der Waals surface area contributed by atoms with E-state index in [0.717, 1.165) is 38.6 Å². The van der Waals surface area contributed by atoms with Gasteiger partial charge in [0.25, 0.3) is 0 Å². The van der Waals surface area contributed by atoms with Crippen LogP contribution in [0.1, 0.15) is 201 Å². The number of unbranched alkanes of at least 4 members (excludes halogenated alkanes) is 20. The molecule has 0 aromatic heterocycles. The molecule has 0 bridgehead atoms. The molecule has 1 unspecified atom stereocenters. The van der Waals surface area contributed by atoms with Crippen molar-refractivity contribution < 1.29 is 150 Å². The van der Waals surface area contributed by atoms with E-state index in [9.17, 15) is 44.1 Å². The summed E-state index contributed by atoms with van der Waals surface area (Å²) in [5, 5.41) is 36.6. The van der Waals surface area contributed by atoms with Gasteiger partial charge >= 0.3 is 88.7 Å². The van der Waals surface area contributed by atoms with Gasteiger partial charge in [-0.25, -0.2) is 0 Å². The van der Waals surface area contributed by atoms with Gasteiger partial charge in [0.1, 0.15) is 6.54 Å². The SMILES string of the molecule is CC(=O)NCCC[N+](C)(C)CC(=O)[O-].CCCCCCCCCCCCCC(=O)N(C)CC.CCCCCCCCCCCCCC(=O)NC(CCC(=O)[O-])C(=O)[O-].[Cl-].[Na+].[Na+].[Na+]. The summed E-state index contributed by atoms with van der Waals surface area (Å²) in [6, 6.07) is -1.27. The van der Waals surface area contributed by atoms with E-state index in [0.29, 0.717) is 29.9 Å². The number of likely N-dealkylation sites (N-methyl/N-ethyl adjacent to an activating group) is 1. The predicted octanol–water partition coefficient (Wildman–Crippen LogP) is -7.03. The minimum absolute atomic E-state index is 0. The van der Waals surface area contributed by atoms with Gasteiger partial charge in [0.15, 0.2) is 0 Å². The Bertz CT molecular complexity index is 1080. The quantitative estimate of drug-likeness (QED) is 0.0349. The van der Waals surface area contributed by atoms with Crippen LogP contribution in [-0.2, 0) is 28.8 Å². The number of amides is 3. The van der Waals surface area contributed by atoms with Crippen LogP contribution < -0.4 is 127 Å². The molecule has 0 spiro atoms. The van der Waals surface area contributed by atoms with Crippen molar-refractivity contribution in [1.29, 1.82) is 0 Å². The first-order valence-corrected chi connectivity index (χ1v) is 22.7. The topological polar surface area (TPSA) is 199 Å². The summed E-state index contributed by atoms with van der Waals surface area (Å²) in [5.41, 5.74) is 0. The average molecular weight is 932 g/mol. The van der Waals surface area contributed by atoms with E-state index < -0.39 is 30.4 Å². The number of hydrogen-bond donors (Lipinski definition) is 2. The Morgan fingerprint density at radius 2 is 0.952 bits per heavy atom. The van der Waals surface area contributed by atoms with E-state index in [-0.39, 0.29) is 132 Å². The van der Waals surface area contributed by atoms with E-state index in [4.69, 9.17) is 0 Å². The van der Waals surface area contributed by atoms with Crippen LogP contribution in [0, 0.1) is 0 Å². The molecule has 3 amide bonds. The molecule has 0 saturated heterocycles. The van der Waals surface area contributed by atoms with Gasteiger partial charge in [-0.1, -0.05) is 142 Å². The average Bonchev–Trinajstić information content (AvgIpc) is 3.15. The minimum atomic E-state index is -1.46. The van der Waals surface area contributed by atoms with E-state index in [2.05, 4.69) is 24.5 Å². The van der Waals surface area contributed by atoms with Crippen LogP contribution >= 0.6 is 0 Å². The van der Waals surface area contributed by atoms with Crippen molar-refractivity contribution in [3.63, 3.8) is 0 Å². The molecular formula is C45H86ClN4Na3O9. The molecule has 0 aromatic rings. The number of nitrogens with one attached hydrogen (secondary N) is 2. The maximum absolute atomic E-state index is 11.7. The molecule has 0 rings (SSSR count). The maximum Gasteiger partial charge on any atom is 1.00 e. The number of rotatable bonds is 36. The number of carbonyl (C=O) groups is 6. The second-order valence-electron chi connectivity index (χ2n) is 16.4. The summed E-state index contributed by atoms with van der Waals surface area (Å²) in [6.07, 6.45) is 28.8. The van der Waals surface area contributed by atoms with Crippen molar-refractivity contribution in [3.05, 3.63) is 0 Å². The van der Waals surface area contributed by atoms with Crippen molar-refractivity contribution >= 4 is 35.6 Å². The first-order chi connectivity index (χ1) is 27.5. The van der Waals surface area contributed by atoms with Gasteiger partial charge in [-0.05, 0) is 32.6 Å². The fourth-order valence-electron chi connectivity index (χ4n) is 6.24. The Hall–Kier alpha value is 0.0700. The van der Waals surface area contributed by atoms with Crippen LogP contribution in [0.15, 0.2) is 0 Å². The zero-order valence-electron chi connectivity index (χ0n) is 41.4. The fraction of sp³-hybridized carbons (Fsp3) is 0.867. The Kier molecular flexibility index (Phi) is 68.2. The summed E-state index contributed by atoms with van der Waals surface area (Å²) in [6.45, 7) is 10.1. The molecular weight excluding hydrogens is 845 g/mol. The molecule has 0 aliphatic rings. The second kappa shape index (κ2) is 55.4. The fourth-order valence-corrected chi connectivity index (χ4v) is 6.24. The molecule has 1 atom stereocenters. The zero-order chi connectivity index (χ0) is 44.5. The summed E-state index contributed by atoms with van der Waals surface area (Å²) in [5.74, 6) is -3.98. The molecule has 0 aliphatic carbocycles. The van der Waals surface area contributed by atoms with Gasteiger partial charge < -0.3 is 62.1 Å². The van der Waals surface area contributed by atoms with Crippen LogP contribution in [0.4, 0.5) is 0 Å². The Morgan fingerprint density at radius 1 is 0.565 bits per heavy atom. The van der Waals surface area contributed by atoms with Gasteiger partial charge in [0.05, 0.1) is 38.6 Å². The Balaban J connectivity index is -0.000000147. The van der Waals surface area contributed by atoms with Crippen molar-refractivity contribution in [1.82, 2.24) is 15.5 Å². The number of carbonyl (C=O) groups excluding carboxylic acids is 6. The van der Waals surface area contributed by atoms with Crippen LogP contribution in [0.2, 0.25) is 0 Å². The molecule has 350 valence electrons. The molecule has 17 heteroatoms. The summed E-state index contributed by atoms with van der Waals surface area (Å²) in [7, 11) is 5.54. The van der Waals surface area contributed by atoms with Crippen molar-refractivity contribution in [2.75, 3.05) is 47.3 Å². The number of nitrogens with zero attached hydrogens (tertiary/aromatic N) is 2. The number of halogens is 1. The summed E-state index contributed by atoms with van der Waals surface area (Å²) in [4.78, 5) is 67.2. The smallest absolute Gasteiger partial charge is 1.00 e. The van der Waals surface area contributed by atoms with E-state index >= 15 is 0 Å². The molecule has 2 N–H and O–H groups in total. The van der Waals surface area contributed by atoms with Crippen molar-refractivity contribution in [2.45, 2.75) is 207 Å². The molecule has 0 fully saturated rings. The number of quaternary nitrogens is 1. The van der Waals surface area contributed by atoms with Gasteiger partial charge in [-0.3, -0.25) is 14.4 Å². The Morgan fingerprint density at radius 3 is 1.29 bits per heavy atom. The van der Waals surface area contributed by atoms with E-state index in [1.54, 1.807) is 0 Å². The van der Waals surface area contributed by atoms with Crippen molar-refractivity contribution in [2.24, 2.45) is 0 Å². The minimum Gasteiger partial charge on any atom is -1.00 e. The van der Waals surface area contributed by atoms with Gasteiger partial charge in [0.2, 0.25) is 17.7 Å². The van der Waals surface area contributed by atoms with Crippen LogP contribution in [0.3, 0.4) is 0 Å². The third-order valence-electron chi connectivity index (χ3n) is 10.0. The molecule has 0 aliphatic heterocycles. The normalized spacial score (nSPS) is 10.6. The summed E-state index contributed by atoms with van der Waals surface area (Å²) < 4.78 is 0.377. The van der Waals surface area contributed by atoms with Crippen LogP contribution in [0.5, 0.6) is 0 Å². The third kappa shape index (κ3) is 62.2. The van der Waals surface area contributed by atoms with Gasteiger partial charge in [-0.2, -0.15) is 0 Å². The molecule has 62 heavy (non-hydrogen) atoms. The van der Waals surface area contributed by atoms with Gasteiger partial charge in [-0.15, -0.1) is 0 Å². The molecule has 13 nitrogen and oxygen atoms in total. The number of carboxylic acid groups (broad SMARTS) is 3. The number of carboxylic acids is 3. The Labute approximate surface area is 450 Å². The molecule has 0 heterocycles. The van der Waals surface area contributed by atoms with E-state index in [1.807, 2.05) is 33.0 Å². The molecule has 0 saturated carbocycles. The second-order valence-corrected chi connectivity index (χ2v) is 16.4. The number of hydrogen-bond acceptors (Lipinski definition) is 9. The standard InChI is InChI=1S/C19H35NO5.C17H35NO.C9H18N2O3.ClH.3Na/c1-2-3-4-5-6-7-8-9-10-11-12-13-17(21)20-16(19(24)25)14-15-18(22)23;1-4-6-7-8-9-10-11-12-13-14-15-16-17(19)18(3)5-2;1-8(12)10-5-4-6-11(2,3)7-9(13)14;;;;/h16H,2-15H2,1H3,(H,20,21)(H,22,23)(H,24,25);4-16H2,1-3H3;4-7H2,1-3H3,(H-,10,12,13,14);1H;;;/q;;;;3*+1/p-3. The molecule has 0 radical (unpaired) electrons. The van der Waals surface area contributed by atoms with Crippen molar-refractivity contribution in [3.8, 4) is 0 Å². The summed E-state index contributed by atoms with van der Waals surface area (Å²) >= 11 is 0. The largest absolute Gasteiger partial charge is 1.00 e. The predicted molar refractivity (Wildman–Crippen MR) is 227 cm³/mol.